The van der Waals surface area contributed by atoms with E-state index in [1.54, 1.807) is 18.6 Å². The molecule has 17 heavy (non-hydrogen) atoms. The molecular weight excluding hydrogens is 232 g/mol. The standard InChI is InChI=1S/C13H16N2OS/c1-16-10-7-6-9(8-10)14-13-11-4-2-3-5-12(11)15-17-13/h2-5,9-10,14H,6-8H2,1H3. The van der Waals surface area contributed by atoms with Gasteiger partial charge >= 0.3 is 0 Å². The molecule has 1 aliphatic rings. The van der Waals surface area contributed by atoms with Crippen LogP contribution < -0.4 is 5.32 Å². The van der Waals surface area contributed by atoms with Gasteiger partial charge in [0.15, 0.2) is 0 Å². The van der Waals surface area contributed by atoms with Crippen LogP contribution in [0, 0.1) is 0 Å². The Hall–Kier alpha value is -1.13. The highest BCUT2D eigenvalue weighted by Gasteiger charge is 2.25. The first-order valence-corrected chi connectivity index (χ1v) is 6.78. The minimum absolute atomic E-state index is 0.423. The van der Waals surface area contributed by atoms with E-state index >= 15 is 0 Å². The van der Waals surface area contributed by atoms with Crippen LogP contribution in [0.25, 0.3) is 10.9 Å². The molecule has 1 heterocycles. The van der Waals surface area contributed by atoms with Crippen molar-refractivity contribution >= 4 is 27.4 Å². The van der Waals surface area contributed by atoms with Crippen molar-refractivity contribution in [2.75, 3.05) is 12.4 Å². The maximum atomic E-state index is 5.40. The number of rotatable bonds is 3. The molecule has 0 saturated heterocycles. The van der Waals surface area contributed by atoms with Gasteiger partial charge in [0.2, 0.25) is 0 Å². The summed E-state index contributed by atoms with van der Waals surface area (Å²) in [7, 11) is 1.80. The van der Waals surface area contributed by atoms with Crippen LogP contribution in [0.4, 0.5) is 5.00 Å². The zero-order valence-corrected chi connectivity index (χ0v) is 10.7. The van der Waals surface area contributed by atoms with Crippen molar-refractivity contribution in [3.63, 3.8) is 0 Å². The van der Waals surface area contributed by atoms with E-state index in [9.17, 15) is 0 Å². The Bertz CT molecular complexity index is 511. The fraction of sp³-hybridized carbons (Fsp3) is 0.462. The highest BCUT2D eigenvalue weighted by atomic mass is 32.1. The van der Waals surface area contributed by atoms with E-state index in [1.165, 1.54) is 16.8 Å². The van der Waals surface area contributed by atoms with Crippen LogP contribution in [0.2, 0.25) is 0 Å². The molecule has 0 spiro atoms. The zero-order valence-electron chi connectivity index (χ0n) is 9.85. The summed E-state index contributed by atoms with van der Waals surface area (Å²) >= 11 is 1.56. The lowest BCUT2D eigenvalue weighted by molar-refractivity contribution is 0.108. The summed E-state index contributed by atoms with van der Waals surface area (Å²) in [4.78, 5) is 0. The van der Waals surface area contributed by atoms with E-state index in [-0.39, 0.29) is 0 Å². The molecule has 2 aromatic rings. The number of anilines is 1. The van der Waals surface area contributed by atoms with Gasteiger partial charge in [0.1, 0.15) is 5.00 Å². The van der Waals surface area contributed by atoms with E-state index in [1.807, 2.05) is 6.07 Å². The van der Waals surface area contributed by atoms with Crippen LogP contribution in [0.5, 0.6) is 0 Å². The number of fused-ring (bicyclic) bond motifs is 1. The number of ether oxygens (including phenoxy) is 1. The summed E-state index contributed by atoms with van der Waals surface area (Å²) in [5, 5.41) is 6.04. The Balaban J connectivity index is 1.77. The second-order valence-electron chi connectivity index (χ2n) is 4.54. The van der Waals surface area contributed by atoms with Gasteiger partial charge in [-0.05, 0) is 42.9 Å². The third-order valence-corrected chi connectivity index (χ3v) is 4.25. The first-order chi connectivity index (χ1) is 8.36. The monoisotopic (exact) mass is 248 g/mol. The predicted molar refractivity (Wildman–Crippen MR) is 71.7 cm³/mol. The number of hydrogen-bond donors (Lipinski definition) is 1. The van der Waals surface area contributed by atoms with Gasteiger partial charge in [0, 0.05) is 18.5 Å². The molecular formula is C13H16N2OS. The second kappa shape index (κ2) is 4.63. The quantitative estimate of drug-likeness (QED) is 0.905. The summed E-state index contributed by atoms with van der Waals surface area (Å²) in [5.41, 5.74) is 1.08. The Labute approximate surface area is 105 Å². The molecule has 90 valence electrons. The maximum Gasteiger partial charge on any atom is 0.117 e. The van der Waals surface area contributed by atoms with Crippen LogP contribution in [0.15, 0.2) is 24.3 Å². The third kappa shape index (κ3) is 2.15. The number of nitrogens with zero attached hydrogens (tertiary/aromatic N) is 1. The van der Waals surface area contributed by atoms with Crippen LogP contribution >= 0.6 is 11.5 Å². The second-order valence-corrected chi connectivity index (χ2v) is 5.31. The maximum absolute atomic E-state index is 5.40. The average molecular weight is 248 g/mol. The van der Waals surface area contributed by atoms with E-state index in [4.69, 9.17) is 4.74 Å². The van der Waals surface area contributed by atoms with Crippen LogP contribution in [-0.2, 0) is 4.74 Å². The smallest absolute Gasteiger partial charge is 0.117 e. The summed E-state index contributed by atoms with van der Waals surface area (Å²) < 4.78 is 9.84. The number of hydrogen-bond acceptors (Lipinski definition) is 4. The highest BCUT2D eigenvalue weighted by molar-refractivity contribution is 7.11. The van der Waals surface area contributed by atoms with Gasteiger partial charge in [-0.15, -0.1) is 0 Å². The summed E-state index contributed by atoms with van der Waals surface area (Å²) in [6.07, 6.45) is 3.87. The largest absolute Gasteiger partial charge is 0.381 e. The Morgan fingerprint density at radius 3 is 3.06 bits per heavy atom. The van der Waals surface area contributed by atoms with Gasteiger partial charge < -0.3 is 10.1 Å². The van der Waals surface area contributed by atoms with E-state index in [0.717, 1.165) is 18.4 Å². The van der Waals surface area contributed by atoms with Gasteiger partial charge in [-0.2, -0.15) is 4.37 Å². The van der Waals surface area contributed by atoms with Crippen molar-refractivity contribution in [3.8, 4) is 0 Å². The first-order valence-electron chi connectivity index (χ1n) is 6.00. The molecule has 1 saturated carbocycles. The summed E-state index contributed by atoms with van der Waals surface area (Å²) in [6, 6.07) is 8.81. The number of nitrogens with one attached hydrogen (secondary N) is 1. The van der Waals surface area contributed by atoms with Gasteiger partial charge in [0.25, 0.3) is 0 Å². The molecule has 0 bridgehead atoms. The van der Waals surface area contributed by atoms with Crippen LogP contribution in [-0.4, -0.2) is 23.6 Å². The minimum Gasteiger partial charge on any atom is -0.381 e. The van der Waals surface area contributed by atoms with Gasteiger partial charge in [0.05, 0.1) is 11.6 Å². The SMILES string of the molecule is COC1CCC(Nc2snc3ccccc23)C1. The van der Waals surface area contributed by atoms with Crippen molar-refractivity contribution in [2.45, 2.75) is 31.4 Å². The lowest BCUT2D eigenvalue weighted by atomic mass is 10.2. The number of benzene rings is 1. The van der Waals surface area contributed by atoms with Crippen molar-refractivity contribution in [2.24, 2.45) is 0 Å². The van der Waals surface area contributed by atoms with E-state index in [0.29, 0.717) is 12.1 Å². The zero-order chi connectivity index (χ0) is 11.7. The molecule has 0 amide bonds. The van der Waals surface area contributed by atoms with E-state index in [2.05, 4.69) is 27.9 Å². The molecule has 1 fully saturated rings. The number of aromatic nitrogens is 1. The normalized spacial score (nSPS) is 24.3. The first kappa shape index (κ1) is 11.0. The predicted octanol–water partition coefficient (Wildman–Crippen LogP) is 3.28. The molecule has 3 nitrogen and oxygen atoms in total. The topological polar surface area (TPSA) is 34.1 Å². The molecule has 2 unspecified atom stereocenters. The Morgan fingerprint density at radius 2 is 2.24 bits per heavy atom. The lowest BCUT2D eigenvalue weighted by Gasteiger charge is -2.12. The number of methoxy groups -OCH3 is 1. The third-order valence-electron chi connectivity index (χ3n) is 3.44. The Morgan fingerprint density at radius 1 is 1.35 bits per heavy atom. The lowest BCUT2D eigenvalue weighted by Crippen LogP contribution is -2.16. The molecule has 1 aliphatic carbocycles. The molecule has 3 rings (SSSR count). The Kier molecular flexibility index (Phi) is 2.99. The molecule has 1 aromatic carbocycles. The van der Waals surface area contributed by atoms with Crippen molar-refractivity contribution in [3.05, 3.63) is 24.3 Å². The fourth-order valence-corrected chi connectivity index (χ4v) is 3.30. The average Bonchev–Trinajstić information content (AvgIpc) is 2.97. The summed E-state index contributed by atoms with van der Waals surface area (Å²) in [6.45, 7) is 0. The van der Waals surface area contributed by atoms with Crippen molar-refractivity contribution in [1.82, 2.24) is 4.37 Å². The summed E-state index contributed by atoms with van der Waals surface area (Å²) in [5.74, 6) is 0. The van der Waals surface area contributed by atoms with Crippen molar-refractivity contribution < 1.29 is 4.74 Å². The van der Waals surface area contributed by atoms with Crippen molar-refractivity contribution in [1.29, 1.82) is 0 Å². The molecule has 1 N–H and O–H groups in total. The van der Waals surface area contributed by atoms with Gasteiger partial charge in [-0.3, -0.25) is 0 Å². The molecule has 4 heteroatoms. The van der Waals surface area contributed by atoms with Crippen LogP contribution in [0.1, 0.15) is 19.3 Å². The molecule has 0 radical (unpaired) electrons. The molecule has 2 atom stereocenters. The fourth-order valence-electron chi connectivity index (χ4n) is 2.46. The van der Waals surface area contributed by atoms with Crippen LogP contribution in [0.3, 0.4) is 0 Å². The van der Waals surface area contributed by atoms with E-state index < -0.39 is 0 Å². The molecule has 0 aliphatic heterocycles. The highest BCUT2D eigenvalue weighted by Crippen LogP contribution is 2.31. The van der Waals surface area contributed by atoms with Gasteiger partial charge in [-0.25, -0.2) is 0 Å². The van der Waals surface area contributed by atoms with Gasteiger partial charge in [-0.1, -0.05) is 12.1 Å². The molecule has 1 aromatic heterocycles. The minimum atomic E-state index is 0.423.